The highest BCUT2D eigenvalue weighted by Gasteiger charge is 2.32. The summed E-state index contributed by atoms with van der Waals surface area (Å²) in [4.78, 5) is 12.2. The summed E-state index contributed by atoms with van der Waals surface area (Å²) >= 11 is 0. The van der Waals surface area contributed by atoms with Gasteiger partial charge in [0.1, 0.15) is 5.75 Å². The minimum Gasteiger partial charge on any atom is -0.495 e. The highest BCUT2D eigenvalue weighted by molar-refractivity contribution is 5.94. The zero-order valence-electron chi connectivity index (χ0n) is 11.9. The Morgan fingerprint density at radius 1 is 1.55 bits per heavy atom. The molecule has 0 aliphatic heterocycles. The number of hydrogen-bond donors (Lipinski definition) is 2. The average molecular weight is 272 g/mol. The van der Waals surface area contributed by atoms with Gasteiger partial charge in [-0.2, -0.15) is 0 Å². The first-order valence-corrected chi connectivity index (χ1v) is 6.83. The largest absolute Gasteiger partial charge is 0.495 e. The summed E-state index contributed by atoms with van der Waals surface area (Å²) in [5, 5.41) is 2.94. The second-order valence-electron chi connectivity index (χ2n) is 5.04. The van der Waals surface area contributed by atoms with Crippen LogP contribution in [0.1, 0.15) is 25.3 Å². The molecule has 1 saturated carbocycles. The van der Waals surface area contributed by atoms with E-state index in [4.69, 9.17) is 10.5 Å². The number of rotatable bonds is 4. The Morgan fingerprint density at radius 2 is 2.30 bits per heavy atom. The van der Waals surface area contributed by atoms with Gasteiger partial charge in [-0.3, -0.25) is 4.79 Å². The molecule has 0 heterocycles. The first-order valence-electron chi connectivity index (χ1n) is 6.83. The van der Waals surface area contributed by atoms with Gasteiger partial charge in [0.25, 0.3) is 0 Å². The third-order valence-electron chi connectivity index (χ3n) is 3.53. The fourth-order valence-corrected chi connectivity index (χ4v) is 2.09. The third-order valence-corrected chi connectivity index (χ3v) is 3.53. The molecule has 0 radical (unpaired) electrons. The zero-order chi connectivity index (χ0) is 14.5. The SMILES string of the molecule is COc1ccc(C#CCN)cc1NC(=O)C(C)C1CC1. The van der Waals surface area contributed by atoms with Gasteiger partial charge in [-0.1, -0.05) is 18.8 Å². The van der Waals surface area contributed by atoms with Gasteiger partial charge in [0, 0.05) is 11.5 Å². The predicted octanol–water partition coefficient (Wildman–Crippen LogP) is 1.99. The number of carbonyl (C=O) groups is 1. The van der Waals surface area contributed by atoms with Crippen molar-refractivity contribution in [2.24, 2.45) is 17.6 Å². The van der Waals surface area contributed by atoms with Gasteiger partial charge in [0.05, 0.1) is 19.3 Å². The molecular formula is C16H20N2O2. The summed E-state index contributed by atoms with van der Waals surface area (Å²) in [5.41, 5.74) is 6.83. The lowest BCUT2D eigenvalue weighted by Gasteiger charge is -2.14. The topological polar surface area (TPSA) is 64.3 Å². The van der Waals surface area contributed by atoms with E-state index in [1.807, 2.05) is 19.1 Å². The third kappa shape index (κ3) is 3.52. The molecule has 0 bridgehead atoms. The summed E-state index contributed by atoms with van der Waals surface area (Å²) < 4.78 is 5.27. The number of nitrogens with one attached hydrogen (secondary N) is 1. The lowest BCUT2D eigenvalue weighted by Crippen LogP contribution is -2.22. The Morgan fingerprint density at radius 3 is 2.90 bits per heavy atom. The molecule has 20 heavy (non-hydrogen) atoms. The molecule has 1 unspecified atom stereocenters. The molecule has 1 aromatic rings. The van der Waals surface area contributed by atoms with Gasteiger partial charge in [-0.05, 0) is 37.0 Å². The van der Waals surface area contributed by atoms with E-state index in [1.54, 1.807) is 13.2 Å². The maximum Gasteiger partial charge on any atom is 0.227 e. The molecule has 106 valence electrons. The lowest BCUT2D eigenvalue weighted by molar-refractivity contribution is -0.119. The summed E-state index contributed by atoms with van der Waals surface area (Å²) in [6, 6.07) is 5.47. The van der Waals surface area contributed by atoms with Crippen molar-refractivity contribution in [1.29, 1.82) is 0 Å². The van der Waals surface area contributed by atoms with Crippen LogP contribution in [0.25, 0.3) is 0 Å². The Bertz CT molecular complexity index is 553. The van der Waals surface area contributed by atoms with Crippen molar-refractivity contribution in [3.63, 3.8) is 0 Å². The number of amides is 1. The fourth-order valence-electron chi connectivity index (χ4n) is 2.09. The smallest absolute Gasteiger partial charge is 0.227 e. The Balaban J connectivity index is 2.17. The molecule has 1 aromatic carbocycles. The molecule has 1 aliphatic carbocycles. The maximum atomic E-state index is 12.2. The maximum absolute atomic E-state index is 12.2. The van der Waals surface area contributed by atoms with Crippen LogP contribution in [-0.4, -0.2) is 19.6 Å². The molecule has 2 rings (SSSR count). The molecule has 1 fully saturated rings. The molecule has 1 aliphatic rings. The van der Waals surface area contributed by atoms with Gasteiger partial charge in [0.15, 0.2) is 0 Å². The van der Waals surface area contributed by atoms with Crippen LogP contribution in [0.3, 0.4) is 0 Å². The van der Waals surface area contributed by atoms with Gasteiger partial charge < -0.3 is 15.8 Å². The predicted molar refractivity (Wildman–Crippen MR) is 79.4 cm³/mol. The van der Waals surface area contributed by atoms with Crippen molar-refractivity contribution in [2.45, 2.75) is 19.8 Å². The number of carbonyl (C=O) groups excluding carboxylic acids is 1. The summed E-state index contributed by atoms with van der Waals surface area (Å²) in [6.07, 6.45) is 2.29. The number of methoxy groups -OCH3 is 1. The Labute approximate surface area is 119 Å². The van der Waals surface area contributed by atoms with E-state index in [-0.39, 0.29) is 11.8 Å². The van der Waals surface area contributed by atoms with Crippen LogP contribution in [0, 0.1) is 23.7 Å². The van der Waals surface area contributed by atoms with Crippen LogP contribution in [0.2, 0.25) is 0 Å². The quantitative estimate of drug-likeness (QED) is 0.824. The molecule has 1 atom stereocenters. The molecular weight excluding hydrogens is 252 g/mol. The minimum atomic E-state index is 0.0368. The highest BCUT2D eigenvalue weighted by Crippen LogP contribution is 2.37. The number of benzene rings is 1. The summed E-state index contributed by atoms with van der Waals surface area (Å²) in [7, 11) is 1.58. The van der Waals surface area contributed by atoms with Crippen molar-refractivity contribution in [2.75, 3.05) is 19.0 Å². The van der Waals surface area contributed by atoms with Crippen LogP contribution in [-0.2, 0) is 4.79 Å². The number of hydrogen-bond acceptors (Lipinski definition) is 3. The van der Waals surface area contributed by atoms with Crippen molar-refractivity contribution >= 4 is 11.6 Å². The monoisotopic (exact) mass is 272 g/mol. The van der Waals surface area contributed by atoms with Crippen LogP contribution in [0.5, 0.6) is 5.75 Å². The Hall–Kier alpha value is -1.99. The Kier molecular flexibility index (Phi) is 4.65. The highest BCUT2D eigenvalue weighted by atomic mass is 16.5. The number of ether oxygens (including phenoxy) is 1. The van der Waals surface area contributed by atoms with Crippen LogP contribution < -0.4 is 15.8 Å². The second kappa shape index (κ2) is 6.44. The lowest BCUT2D eigenvalue weighted by atomic mass is 10.1. The van der Waals surface area contributed by atoms with Crippen molar-refractivity contribution in [1.82, 2.24) is 0 Å². The van der Waals surface area contributed by atoms with E-state index in [2.05, 4.69) is 17.2 Å². The van der Waals surface area contributed by atoms with Gasteiger partial charge >= 0.3 is 0 Å². The van der Waals surface area contributed by atoms with Gasteiger partial charge in [-0.25, -0.2) is 0 Å². The summed E-state index contributed by atoms with van der Waals surface area (Å²) in [6.45, 7) is 2.28. The molecule has 0 saturated heterocycles. The zero-order valence-corrected chi connectivity index (χ0v) is 11.9. The van der Waals surface area contributed by atoms with Crippen molar-refractivity contribution in [3.05, 3.63) is 23.8 Å². The van der Waals surface area contributed by atoms with E-state index >= 15 is 0 Å². The summed E-state index contributed by atoms with van der Waals surface area (Å²) in [5.74, 6) is 6.99. The molecule has 0 aromatic heterocycles. The van der Waals surface area contributed by atoms with Crippen molar-refractivity contribution < 1.29 is 9.53 Å². The van der Waals surface area contributed by atoms with E-state index < -0.39 is 0 Å². The average Bonchev–Trinajstić information content (AvgIpc) is 3.29. The molecule has 4 nitrogen and oxygen atoms in total. The van der Waals surface area contributed by atoms with Crippen LogP contribution in [0.4, 0.5) is 5.69 Å². The second-order valence-corrected chi connectivity index (χ2v) is 5.04. The molecule has 1 amide bonds. The van der Waals surface area contributed by atoms with Crippen LogP contribution >= 0.6 is 0 Å². The first-order chi connectivity index (χ1) is 9.65. The normalized spacial score (nSPS) is 14.9. The van der Waals surface area contributed by atoms with Gasteiger partial charge in [0.2, 0.25) is 5.91 Å². The van der Waals surface area contributed by atoms with E-state index in [0.717, 1.165) is 18.4 Å². The molecule has 3 N–H and O–H groups in total. The van der Waals surface area contributed by atoms with Crippen molar-refractivity contribution in [3.8, 4) is 17.6 Å². The minimum absolute atomic E-state index is 0.0368. The van der Waals surface area contributed by atoms with Crippen LogP contribution in [0.15, 0.2) is 18.2 Å². The van der Waals surface area contributed by atoms with E-state index in [1.165, 1.54) is 0 Å². The number of nitrogens with two attached hydrogens (primary N) is 1. The molecule has 4 heteroatoms. The fraction of sp³-hybridized carbons (Fsp3) is 0.438. The number of anilines is 1. The van der Waals surface area contributed by atoms with Gasteiger partial charge in [-0.15, -0.1) is 0 Å². The van der Waals surface area contributed by atoms with E-state index in [9.17, 15) is 4.79 Å². The van der Waals surface area contributed by atoms with E-state index in [0.29, 0.717) is 23.9 Å². The molecule has 0 spiro atoms. The standard InChI is InChI=1S/C16H20N2O2/c1-11(13-6-7-13)16(19)18-14-10-12(4-3-9-17)5-8-15(14)20-2/h5,8,10-11,13H,6-7,9,17H2,1-2H3,(H,18,19). The first kappa shape index (κ1) is 14.4.